The molecule has 0 bridgehead atoms. The van der Waals surface area contributed by atoms with Crippen LogP contribution >= 0.6 is 7.60 Å². The molecule has 1 atom stereocenters. The second-order valence-electron chi connectivity index (χ2n) is 3.98. The van der Waals surface area contributed by atoms with Crippen LogP contribution in [0.1, 0.15) is 0 Å². The topological polar surface area (TPSA) is 179 Å². The zero-order chi connectivity index (χ0) is 14.2. The third-order valence-electron chi connectivity index (χ3n) is 2.35. The van der Waals surface area contributed by atoms with Crippen molar-refractivity contribution in [1.29, 1.82) is 0 Å². The molecule has 0 aromatic carbocycles. The van der Waals surface area contributed by atoms with Crippen LogP contribution in [0, 0.1) is 0 Å². The average molecular weight is 332 g/mol. The van der Waals surface area contributed by atoms with Crippen LogP contribution in [0.2, 0.25) is 0 Å². The maximum absolute atomic E-state index is 10.6. The van der Waals surface area contributed by atoms with Gasteiger partial charge < -0.3 is 35.5 Å². The van der Waals surface area contributed by atoms with Gasteiger partial charge in [-0.15, -0.1) is 0 Å². The van der Waals surface area contributed by atoms with Crippen molar-refractivity contribution in [2.75, 3.05) is 17.6 Å². The van der Waals surface area contributed by atoms with E-state index in [1.165, 1.54) is 10.9 Å². The summed E-state index contributed by atoms with van der Waals surface area (Å²) >= 11 is 0. The first-order chi connectivity index (χ1) is 8.76. The Morgan fingerprint density at radius 3 is 2.52 bits per heavy atom. The zero-order valence-electron chi connectivity index (χ0n) is 11.6. The van der Waals surface area contributed by atoms with Crippen molar-refractivity contribution in [2.24, 2.45) is 0 Å². The van der Waals surface area contributed by atoms with Gasteiger partial charge in [0.2, 0.25) is 5.95 Å². The molecule has 2 rings (SSSR count). The quantitative estimate of drug-likeness (QED) is 0.362. The first-order valence-corrected chi connectivity index (χ1v) is 6.92. The number of nitrogens with zero attached hydrogens (tertiary/aromatic N) is 4. The molecule has 2 aromatic rings. The summed E-state index contributed by atoms with van der Waals surface area (Å²) in [4.78, 5) is 32.7. The summed E-state index contributed by atoms with van der Waals surface area (Å²) in [7, 11) is -4.79. The zero-order valence-corrected chi connectivity index (χ0v) is 16.5. The molecule has 104 valence electrons. The Labute approximate surface area is 164 Å². The Bertz CT molecular complexity index is 661. The van der Waals surface area contributed by atoms with E-state index < -0.39 is 19.9 Å². The van der Waals surface area contributed by atoms with Gasteiger partial charge in [-0.05, 0) is 0 Å². The maximum Gasteiger partial charge on any atom is 1.00 e. The molecule has 10 nitrogen and oxygen atoms in total. The monoisotopic (exact) mass is 332 g/mol. The van der Waals surface area contributed by atoms with Gasteiger partial charge in [-0.1, -0.05) is 7.60 Å². The van der Waals surface area contributed by atoms with Gasteiger partial charge in [-0.2, -0.15) is 9.97 Å². The molecule has 0 aliphatic heterocycles. The van der Waals surface area contributed by atoms with Gasteiger partial charge in [0.05, 0.1) is 19.0 Å². The molecular formula is C8H11N6Na2O4P. The molecule has 0 spiro atoms. The van der Waals surface area contributed by atoms with Gasteiger partial charge in [0.25, 0.3) is 0 Å². The van der Waals surface area contributed by atoms with E-state index in [2.05, 4.69) is 15.0 Å². The van der Waals surface area contributed by atoms with Crippen molar-refractivity contribution in [3.63, 3.8) is 0 Å². The van der Waals surface area contributed by atoms with Gasteiger partial charge >= 0.3 is 59.1 Å². The molecule has 21 heavy (non-hydrogen) atoms. The second kappa shape index (κ2) is 8.21. The van der Waals surface area contributed by atoms with Crippen molar-refractivity contribution < 1.29 is 78.6 Å². The smallest absolute Gasteiger partial charge is 0.811 e. The number of nitrogens with two attached hydrogens (primary N) is 2. The SMILES string of the molecule is Nc1nc(N)c2ncn(C[C@H](O)CP(=O)([O-])[O-])c2n1.[Na+].[Na+]. The Hall–Kier alpha value is 0.260. The number of aromatic nitrogens is 4. The van der Waals surface area contributed by atoms with Crippen LogP contribution in [-0.4, -0.2) is 36.9 Å². The number of aliphatic hydroxyl groups is 1. The minimum atomic E-state index is -4.79. The molecule has 13 heteroatoms. The van der Waals surface area contributed by atoms with Crippen LogP contribution in [0.25, 0.3) is 11.2 Å². The molecule has 0 aliphatic carbocycles. The number of nitrogen functional groups attached to an aromatic ring is 2. The Balaban J connectivity index is 0.00000200. The molecule has 0 amide bonds. The first-order valence-electron chi connectivity index (χ1n) is 5.19. The maximum atomic E-state index is 10.6. The van der Waals surface area contributed by atoms with Crippen LogP contribution in [-0.2, 0) is 11.1 Å². The number of aliphatic hydroxyl groups excluding tert-OH is 1. The molecule has 0 saturated heterocycles. The predicted octanol–water partition coefficient (Wildman–Crippen LogP) is -8.73. The van der Waals surface area contributed by atoms with Crippen molar-refractivity contribution in [3.8, 4) is 0 Å². The van der Waals surface area contributed by atoms with Crippen molar-refractivity contribution >= 4 is 30.5 Å². The van der Waals surface area contributed by atoms with Crippen LogP contribution < -0.4 is 80.4 Å². The number of imidazole rings is 1. The molecule has 0 saturated carbocycles. The fraction of sp³-hybridized carbons (Fsp3) is 0.375. The molecule has 0 fully saturated rings. The van der Waals surface area contributed by atoms with Gasteiger partial charge in [0.1, 0.15) is 5.52 Å². The van der Waals surface area contributed by atoms with E-state index in [0.29, 0.717) is 0 Å². The van der Waals surface area contributed by atoms with E-state index >= 15 is 0 Å². The third kappa shape index (κ3) is 5.76. The largest absolute Gasteiger partial charge is 1.00 e. The molecule has 0 radical (unpaired) electrons. The van der Waals surface area contributed by atoms with Gasteiger partial charge in [-0.25, -0.2) is 4.98 Å². The molecule has 0 unspecified atom stereocenters. The van der Waals surface area contributed by atoms with Gasteiger partial charge in [0.15, 0.2) is 11.5 Å². The minimum Gasteiger partial charge on any atom is -0.811 e. The molecule has 0 aliphatic rings. The first kappa shape index (κ1) is 21.3. The van der Waals surface area contributed by atoms with Crippen LogP contribution in [0.5, 0.6) is 0 Å². The predicted molar refractivity (Wildman–Crippen MR) is 62.6 cm³/mol. The summed E-state index contributed by atoms with van der Waals surface area (Å²) in [6.45, 7) is -0.166. The van der Waals surface area contributed by atoms with Crippen molar-refractivity contribution in [2.45, 2.75) is 12.6 Å². The number of fused-ring (bicyclic) bond motifs is 1. The Morgan fingerprint density at radius 2 is 1.95 bits per heavy atom. The number of hydrogen-bond acceptors (Lipinski definition) is 9. The fourth-order valence-corrected chi connectivity index (χ4v) is 2.29. The standard InChI is InChI=1S/C8H13N6O4P.2Na/c9-6-5-7(13-8(10)12-6)14(3-11-5)1-4(15)2-19(16,17)18;;/h3-4,15H,1-2H2,(H2,16,17,18)(H4,9,10,12,13);;/q;2*+1/p-2/t4-;;/m0../s1. The normalized spacial score (nSPS) is 12.5. The van der Waals surface area contributed by atoms with Gasteiger partial charge in [-0.3, -0.25) is 0 Å². The van der Waals surface area contributed by atoms with Crippen LogP contribution in [0.4, 0.5) is 11.8 Å². The summed E-state index contributed by atoms with van der Waals surface area (Å²) in [5, 5.41) is 9.53. The van der Waals surface area contributed by atoms with Crippen molar-refractivity contribution in [3.05, 3.63) is 6.33 Å². The molecule has 5 N–H and O–H groups in total. The fourth-order valence-electron chi connectivity index (χ4n) is 1.66. The van der Waals surface area contributed by atoms with Crippen LogP contribution in [0.15, 0.2) is 6.33 Å². The summed E-state index contributed by atoms with van der Waals surface area (Å²) in [5.41, 5.74) is 11.6. The Morgan fingerprint density at radius 1 is 1.33 bits per heavy atom. The second-order valence-corrected chi connectivity index (χ2v) is 5.57. The van der Waals surface area contributed by atoms with Crippen LogP contribution in [0.3, 0.4) is 0 Å². The number of rotatable bonds is 4. The number of hydrogen-bond donors (Lipinski definition) is 3. The number of anilines is 2. The molecule has 2 heterocycles. The van der Waals surface area contributed by atoms with E-state index in [1.54, 1.807) is 0 Å². The van der Waals surface area contributed by atoms with Gasteiger partial charge in [0, 0.05) is 6.16 Å². The third-order valence-corrected chi connectivity index (χ3v) is 3.22. The van der Waals surface area contributed by atoms with E-state index in [9.17, 15) is 19.5 Å². The molecular weight excluding hydrogens is 321 g/mol. The van der Waals surface area contributed by atoms with E-state index in [-0.39, 0.29) is 88.6 Å². The average Bonchev–Trinajstić information content (AvgIpc) is 2.58. The van der Waals surface area contributed by atoms with E-state index in [0.717, 1.165) is 0 Å². The summed E-state index contributed by atoms with van der Waals surface area (Å²) in [6.07, 6.45) is -0.933. The van der Waals surface area contributed by atoms with E-state index in [4.69, 9.17) is 11.5 Å². The molecule has 2 aromatic heterocycles. The Kier molecular flexibility index (Phi) is 8.31. The van der Waals surface area contributed by atoms with E-state index in [1.807, 2.05) is 0 Å². The summed E-state index contributed by atoms with van der Waals surface area (Å²) in [6, 6.07) is 0. The minimum absolute atomic E-state index is 0. The summed E-state index contributed by atoms with van der Waals surface area (Å²) < 4.78 is 11.9. The summed E-state index contributed by atoms with van der Waals surface area (Å²) in [5.74, 6) is 0.00798. The van der Waals surface area contributed by atoms with Crippen molar-refractivity contribution in [1.82, 2.24) is 19.5 Å².